The average Bonchev–Trinajstić information content (AvgIpc) is 3.11. The Kier molecular flexibility index (Phi) is 5.90. The zero-order valence-corrected chi connectivity index (χ0v) is 17.3. The van der Waals surface area contributed by atoms with Crippen molar-refractivity contribution in [3.63, 3.8) is 0 Å². The lowest BCUT2D eigenvalue weighted by atomic mass is 9.98. The zero-order chi connectivity index (χ0) is 22.8. The summed E-state index contributed by atoms with van der Waals surface area (Å²) in [6, 6.07) is 17.6. The molecule has 1 amide bonds. The fourth-order valence-electron chi connectivity index (χ4n) is 4.10. The molecular weight excluding hydrogens is 416 g/mol. The second-order valence-corrected chi connectivity index (χ2v) is 7.72. The summed E-state index contributed by atoms with van der Waals surface area (Å²) < 4.78 is 32.2. The molecule has 1 aliphatic rings. The number of hydrogen-bond donors (Lipinski definition) is 1. The van der Waals surface area contributed by atoms with E-state index in [1.807, 2.05) is 48.5 Å². The van der Waals surface area contributed by atoms with E-state index in [0.29, 0.717) is 0 Å². The largest absolute Gasteiger partial charge is 0.480 e. The lowest BCUT2D eigenvalue weighted by Crippen LogP contribution is -2.44. The van der Waals surface area contributed by atoms with Gasteiger partial charge in [-0.3, -0.25) is 4.90 Å². The monoisotopic (exact) mass is 437 g/mol. The van der Waals surface area contributed by atoms with Gasteiger partial charge in [0.05, 0.1) is 0 Å². The number of fused-ring (bicyclic) bond motifs is 3. The Labute approximate surface area is 183 Å². The van der Waals surface area contributed by atoms with Crippen molar-refractivity contribution in [3.8, 4) is 11.1 Å². The summed E-state index contributed by atoms with van der Waals surface area (Å²) in [5.74, 6) is -3.53. The number of carboxylic acids is 1. The van der Waals surface area contributed by atoms with Crippen LogP contribution in [0.2, 0.25) is 0 Å². The summed E-state index contributed by atoms with van der Waals surface area (Å²) in [6.07, 6.45) is -0.991. The van der Waals surface area contributed by atoms with Crippen LogP contribution in [0.4, 0.5) is 13.6 Å². The van der Waals surface area contributed by atoms with Crippen LogP contribution in [-0.2, 0) is 16.0 Å². The number of carboxylic acid groups (broad SMARTS) is 1. The highest BCUT2D eigenvalue weighted by Gasteiger charge is 2.32. The molecule has 5 nitrogen and oxygen atoms in total. The first-order chi connectivity index (χ1) is 15.4. The number of nitrogens with zero attached hydrogens (tertiary/aromatic N) is 1. The van der Waals surface area contributed by atoms with Gasteiger partial charge in [-0.25, -0.2) is 18.4 Å². The van der Waals surface area contributed by atoms with Crippen molar-refractivity contribution in [1.29, 1.82) is 0 Å². The number of rotatable bonds is 6. The van der Waals surface area contributed by atoms with Crippen molar-refractivity contribution >= 4 is 12.1 Å². The normalized spacial score (nSPS) is 13.2. The van der Waals surface area contributed by atoms with Gasteiger partial charge in [0.1, 0.15) is 12.6 Å². The van der Waals surface area contributed by atoms with Crippen LogP contribution in [0.1, 0.15) is 22.6 Å². The number of amides is 1. The van der Waals surface area contributed by atoms with Crippen LogP contribution in [-0.4, -0.2) is 41.8 Å². The molecule has 0 fully saturated rings. The minimum Gasteiger partial charge on any atom is -0.480 e. The van der Waals surface area contributed by atoms with Crippen LogP contribution in [0, 0.1) is 11.6 Å². The Morgan fingerprint density at radius 1 is 0.969 bits per heavy atom. The van der Waals surface area contributed by atoms with Crippen LogP contribution in [0.25, 0.3) is 11.1 Å². The summed E-state index contributed by atoms with van der Waals surface area (Å²) in [5, 5.41) is 9.60. The third-order valence-electron chi connectivity index (χ3n) is 5.79. The molecule has 0 unspecified atom stereocenters. The van der Waals surface area contributed by atoms with Gasteiger partial charge in [0.15, 0.2) is 11.6 Å². The second kappa shape index (κ2) is 8.78. The Morgan fingerprint density at radius 3 is 2.12 bits per heavy atom. The van der Waals surface area contributed by atoms with Crippen LogP contribution in [0.3, 0.4) is 0 Å². The Hall–Kier alpha value is -3.74. The smallest absolute Gasteiger partial charge is 0.410 e. The van der Waals surface area contributed by atoms with Gasteiger partial charge < -0.3 is 9.84 Å². The van der Waals surface area contributed by atoms with Gasteiger partial charge in [0, 0.05) is 19.4 Å². The van der Waals surface area contributed by atoms with Crippen molar-refractivity contribution in [2.75, 3.05) is 13.7 Å². The van der Waals surface area contributed by atoms with E-state index in [2.05, 4.69) is 0 Å². The molecule has 32 heavy (non-hydrogen) atoms. The molecule has 3 aromatic rings. The molecule has 0 radical (unpaired) electrons. The van der Waals surface area contributed by atoms with E-state index in [0.717, 1.165) is 39.3 Å². The number of carbonyl (C=O) groups is 2. The molecule has 0 bridgehead atoms. The lowest BCUT2D eigenvalue weighted by molar-refractivity contribution is -0.142. The predicted octanol–water partition coefficient (Wildman–Crippen LogP) is 4.84. The minimum atomic E-state index is -1.30. The second-order valence-electron chi connectivity index (χ2n) is 7.72. The van der Waals surface area contributed by atoms with Gasteiger partial charge in [-0.2, -0.15) is 0 Å². The van der Waals surface area contributed by atoms with Gasteiger partial charge in [-0.1, -0.05) is 54.6 Å². The molecule has 0 spiro atoms. The first-order valence-electron chi connectivity index (χ1n) is 10.1. The molecule has 0 heterocycles. The summed E-state index contributed by atoms with van der Waals surface area (Å²) in [5.41, 5.74) is 4.51. The lowest BCUT2D eigenvalue weighted by Gasteiger charge is -2.25. The molecule has 4 rings (SSSR count). The number of likely N-dealkylation sites (N-methyl/N-ethyl adjacent to an activating group) is 1. The number of hydrogen-bond acceptors (Lipinski definition) is 3. The molecular formula is C25H21F2NO4. The maximum Gasteiger partial charge on any atom is 0.410 e. The standard InChI is InChI=1S/C25H21F2NO4/c1-28(23(24(29)30)13-15-10-11-21(26)22(27)12-15)25(31)32-14-20-18-8-4-2-6-16(18)17-7-3-5-9-19(17)20/h2-12,20,23H,13-14H2,1H3,(H,29,30)/t23-/m1/s1. The Morgan fingerprint density at radius 2 is 1.56 bits per heavy atom. The third-order valence-corrected chi connectivity index (χ3v) is 5.79. The van der Waals surface area contributed by atoms with E-state index in [4.69, 9.17) is 4.74 Å². The maximum atomic E-state index is 13.5. The van der Waals surface area contributed by atoms with Crippen molar-refractivity contribution in [3.05, 3.63) is 95.1 Å². The first kappa shape index (κ1) is 21.5. The molecule has 3 aromatic carbocycles. The average molecular weight is 437 g/mol. The van der Waals surface area contributed by atoms with Crippen LogP contribution < -0.4 is 0 Å². The number of carbonyl (C=O) groups excluding carboxylic acids is 1. The van der Waals surface area contributed by atoms with E-state index >= 15 is 0 Å². The predicted molar refractivity (Wildman–Crippen MR) is 114 cm³/mol. The molecule has 1 atom stereocenters. The highest BCUT2D eigenvalue weighted by Crippen LogP contribution is 2.44. The van der Waals surface area contributed by atoms with E-state index < -0.39 is 29.7 Å². The van der Waals surface area contributed by atoms with Crippen LogP contribution in [0.5, 0.6) is 0 Å². The SMILES string of the molecule is CN(C(=O)OCC1c2ccccc2-c2ccccc21)[C@H](Cc1ccc(F)c(F)c1)C(=O)O. The van der Waals surface area contributed by atoms with E-state index in [-0.39, 0.29) is 24.5 Å². The zero-order valence-electron chi connectivity index (χ0n) is 17.3. The Balaban J connectivity index is 1.48. The van der Waals surface area contributed by atoms with Gasteiger partial charge in [-0.15, -0.1) is 0 Å². The fourth-order valence-corrected chi connectivity index (χ4v) is 4.10. The van der Waals surface area contributed by atoms with Crippen LogP contribution >= 0.6 is 0 Å². The molecule has 0 aliphatic heterocycles. The van der Waals surface area contributed by atoms with Gasteiger partial charge in [0.2, 0.25) is 0 Å². The summed E-state index contributed by atoms with van der Waals surface area (Å²) in [6.45, 7) is 0.0503. The number of halogens is 2. The molecule has 1 N–H and O–H groups in total. The first-order valence-corrected chi connectivity index (χ1v) is 10.1. The van der Waals surface area contributed by atoms with Gasteiger partial charge in [-0.05, 0) is 39.9 Å². The van der Waals surface area contributed by atoms with E-state index in [1.54, 1.807) is 0 Å². The molecule has 0 aromatic heterocycles. The van der Waals surface area contributed by atoms with Crippen molar-refractivity contribution < 1.29 is 28.2 Å². The maximum absolute atomic E-state index is 13.5. The quantitative estimate of drug-likeness (QED) is 0.599. The topological polar surface area (TPSA) is 66.8 Å². The number of ether oxygens (including phenoxy) is 1. The van der Waals surface area contributed by atoms with Crippen molar-refractivity contribution in [2.24, 2.45) is 0 Å². The molecule has 164 valence electrons. The van der Waals surface area contributed by atoms with Crippen molar-refractivity contribution in [1.82, 2.24) is 4.90 Å². The third kappa shape index (κ3) is 4.06. The number of benzene rings is 3. The highest BCUT2D eigenvalue weighted by molar-refractivity contribution is 5.81. The molecule has 0 saturated heterocycles. The molecule has 0 saturated carbocycles. The summed E-state index contributed by atoms with van der Waals surface area (Å²) in [7, 11) is 1.32. The molecule has 1 aliphatic carbocycles. The minimum absolute atomic E-state index is 0.0503. The summed E-state index contributed by atoms with van der Waals surface area (Å²) in [4.78, 5) is 25.4. The number of aliphatic carboxylic acids is 1. The summed E-state index contributed by atoms with van der Waals surface area (Å²) >= 11 is 0. The Bertz CT molecular complexity index is 1130. The fraction of sp³-hybridized carbons (Fsp3) is 0.200. The molecule has 7 heteroatoms. The van der Waals surface area contributed by atoms with Gasteiger partial charge >= 0.3 is 12.1 Å². The van der Waals surface area contributed by atoms with Gasteiger partial charge in [0.25, 0.3) is 0 Å². The van der Waals surface area contributed by atoms with E-state index in [9.17, 15) is 23.5 Å². The van der Waals surface area contributed by atoms with E-state index in [1.165, 1.54) is 13.1 Å². The van der Waals surface area contributed by atoms with Crippen LogP contribution in [0.15, 0.2) is 66.7 Å². The van der Waals surface area contributed by atoms with Crippen molar-refractivity contribution in [2.45, 2.75) is 18.4 Å². The highest BCUT2D eigenvalue weighted by atomic mass is 19.2.